The number of pyridine rings is 1. The van der Waals surface area contributed by atoms with Gasteiger partial charge in [-0.1, -0.05) is 54.1 Å². The molecule has 0 aliphatic carbocycles. The van der Waals surface area contributed by atoms with Crippen LogP contribution in [0.5, 0.6) is 11.5 Å². The van der Waals surface area contributed by atoms with Crippen molar-refractivity contribution in [3.8, 4) is 11.5 Å². The molecule has 0 saturated heterocycles. The topological polar surface area (TPSA) is 88.6 Å². The Morgan fingerprint density at radius 3 is 2.14 bits per heavy atom. The van der Waals surface area contributed by atoms with Crippen molar-refractivity contribution in [1.29, 1.82) is 0 Å². The lowest BCUT2D eigenvalue weighted by atomic mass is 10.1. The average Bonchev–Trinajstić information content (AvgIpc) is 2.99. The van der Waals surface area contributed by atoms with Gasteiger partial charge in [0, 0.05) is 28.7 Å². The van der Waals surface area contributed by atoms with Crippen molar-refractivity contribution in [2.75, 3.05) is 15.9 Å². The lowest BCUT2D eigenvalue weighted by molar-refractivity contribution is 0.102. The number of sulfonamides is 1. The Morgan fingerprint density at radius 2 is 1.48 bits per heavy atom. The summed E-state index contributed by atoms with van der Waals surface area (Å²) in [5, 5.41) is 3.28. The second-order valence-electron chi connectivity index (χ2n) is 9.68. The molecule has 212 valence electrons. The van der Waals surface area contributed by atoms with Crippen LogP contribution in [0.1, 0.15) is 27.0 Å². The summed E-state index contributed by atoms with van der Waals surface area (Å²) in [6.07, 6.45) is 5.44. The van der Waals surface area contributed by atoms with E-state index in [2.05, 4.69) is 10.3 Å². The minimum Gasteiger partial charge on any atom is -0.455 e. The fraction of sp³-hybridized carbons (Fsp3) is 0.0909. The second-order valence-corrected chi connectivity index (χ2v) is 12.0. The summed E-state index contributed by atoms with van der Waals surface area (Å²) in [5.74, 6) is 0.642. The number of ether oxygens (including phenoxy) is 1. The highest BCUT2D eigenvalue weighted by Crippen LogP contribution is 2.37. The van der Waals surface area contributed by atoms with Crippen LogP contribution in [-0.4, -0.2) is 25.6 Å². The zero-order valence-electron chi connectivity index (χ0n) is 22.8. The highest BCUT2D eigenvalue weighted by Gasteiger charge is 2.23. The molecule has 0 bridgehead atoms. The van der Waals surface area contributed by atoms with E-state index in [1.165, 1.54) is 4.31 Å². The van der Waals surface area contributed by atoms with Crippen molar-refractivity contribution in [2.45, 2.75) is 13.0 Å². The van der Waals surface area contributed by atoms with Crippen LogP contribution in [0.25, 0.3) is 0 Å². The zero-order chi connectivity index (χ0) is 29.5. The summed E-state index contributed by atoms with van der Waals surface area (Å²) in [5.41, 5.74) is 4.40. The molecule has 1 aromatic heterocycles. The maximum Gasteiger partial charge on any atom is 0.255 e. The summed E-state index contributed by atoms with van der Waals surface area (Å²) in [4.78, 5) is 16.9. The molecule has 1 heterocycles. The Bertz CT molecular complexity index is 1760. The van der Waals surface area contributed by atoms with Crippen LogP contribution in [0.4, 0.5) is 11.4 Å². The van der Waals surface area contributed by atoms with Gasteiger partial charge in [-0.25, -0.2) is 8.42 Å². The van der Waals surface area contributed by atoms with E-state index in [1.807, 2.05) is 54.6 Å². The molecule has 4 aromatic carbocycles. The smallest absolute Gasteiger partial charge is 0.255 e. The van der Waals surface area contributed by atoms with Crippen LogP contribution in [0.2, 0.25) is 5.02 Å². The van der Waals surface area contributed by atoms with Gasteiger partial charge in [0.25, 0.3) is 5.91 Å². The SMILES string of the molecule is CS(=O)(=O)N(Cc1ccc(C(=O)Nc2ccc(Cc3ccncc3)cc2)cc1)c1cc(Cl)ccc1Oc1ccccc1. The minimum absolute atomic E-state index is 0.0190. The summed E-state index contributed by atoms with van der Waals surface area (Å²) in [7, 11) is -3.73. The van der Waals surface area contributed by atoms with Crippen molar-refractivity contribution in [3.05, 3.63) is 149 Å². The summed E-state index contributed by atoms with van der Waals surface area (Å²) in [6.45, 7) is 0.0190. The van der Waals surface area contributed by atoms with E-state index in [-0.39, 0.29) is 12.5 Å². The first-order valence-electron chi connectivity index (χ1n) is 13.1. The van der Waals surface area contributed by atoms with Crippen molar-refractivity contribution in [1.82, 2.24) is 4.98 Å². The number of carbonyl (C=O) groups excluding carboxylic acids is 1. The van der Waals surface area contributed by atoms with Crippen molar-refractivity contribution >= 4 is 38.9 Å². The molecule has 0 aliphatic heterocycles. The fourth-order valence-corrected chi connectivity index (χ4v) is 5.39. The molecule has 9 heteroatoms. The largest absolute Gasteiger partial charge is 0.455 e. The Balaban J connectivity index is 1.29. The lowest BCUT2D eigenvalue weighted by Gasteiger charge is -2.25. The van der Waals surface area contributed by atoms with E-state index in [4.69, 9.17) is 16.3 Å². The van der Waals surface area contributed by atoms with Crippen LogP contribution < -0.4 is 14.4 Å². The van der Waals surface area contributed by atoms with E-state index < -0.39 is 10.0 Å². The quantitative estimate of drug-likeness (QED) is 0.182. The third kappa shape index (κ3) is 7.54. The minimum atomic E-state index is -3.73. The van der Waals surface area contributed by atoms with Gasteiger partial charge in [-0.2, -0.15) is 0 Å². The van der Waals surface area contributed by atoms with Crippen LogP contribution in [-0.2, 0) is 23.0 Å². The molecule has 0 radical (unpaired) electrons. The van der Waals surface area contributed by atoms with E-state index in [9.17, 15) is 13.2 Å². The number of carbonyl (C=O) groups is 1. The van der Waals surface area contributed by atoms with Crippen LogP contribution in [0.15, 0.2) is 122 Å². The number of rotatable bonds is 10. The van der Waals surface area contributed by atoms with Gasteiger partial charge in [-0.15, -0.1) is 0 Å². The first kappa shape index (κ1) is 28.9. The Morgan fingerprint density at radius 1 is 0.833 bits per heavy atom. The van der Waals surface area contributed by atoms with Gasteiger partial charge in [0.15, 0.2) is 5.75 Å². The van der Waals surface area contributed by atoms with Crippen molar-refractivity contribution in [2.24, 2.45) is 0 Å². The van der Waals surface area contributed by atoms with Crippen LogP contribution >= 0.6 is 11.6 Å². The summed E-state index contributed by atoms with van der Waals surface area (Å²) < 4.78 is 33.1. The normalized spacial score (nSPS) is 11.1. The zero-order valence-corrected chi connectivity index (χ0v) is 24.3. The van der Waals surface area contributed by atoms with Gasteiger partial charge in [0.1, 0.15) is 5.75 Å². The summed E-state index contributed by atoms with van der Waals surface area (Å²) >= 11 is 6.26. The molecule has 5 aromatic rings. The predicted octanol–water partition coefficient (Wildman–Crippen LogP) is 7.34. The molecule has 0 saturated carbocycles. The number of para-hydroxylation sites is 1. The molecule has 7 nitrogen and oxygen atoms in total. The number of nitrogens with zero attached hydrogens (tertiary/aromatic N) is 2. The number of benzene rings is 4. The molecule has 0 unspecified atom stereocenters. The molecular formula is C33H28ClN3O4S. The maximum absolute atomic E-state index is 12.9. The van der Waals surface area contributed by atoms with Gasteiger partial charge >= 0.3 is 0 Å². The lowest BCUT2D eigenvalue weighted by Crippen LogP contribution is -2.29. The number of nitrogens with one attached hydrogen (secondary N) is 1. The van der Waals surface area contributed by atoms with Crippen LogP contribution in [0, 0.1) is 0 Å². The molecule has 1 amide bonds. The maximum atomic E-state index is 12.9. The van der Waals surface area contributed by atoms with E-state index >= 15 is 0 Å². The molecule has 0 atom stereocenters. The van der Waals surface area contributed by atoms with Gasteiger partial charge in [0.05, 0.1) is 18.5 Å². The fourth-order valence-electron chi connectivity index (χ4n) is 4.34. The third-order valence-corrected chi connectivity index (χ3v) is 7.83. The van der Waals surface area contributed by atoms with Crippen molar-refractivity contribution < 1.29 is 17.9 Å². The standard InChI is InChI=1S/C33H28ClN3O4S/c1-42(39,40)37(31-22-28(34)13-16-32(31)41-30-5-3-2-4-6-30)23-26-7-11-27(12-8-26)33(38)36-29-14-9-24(10-15-29)21-25-17-19-35-20-18-25/h2-20,22H,21,23H2,1H3,(H,36,38). The molecule has 0 spiro atoms. The van der Waals surface area contributed by atoms with E-state index in [0.717, 1.165) is 23.8 Å². The predicted molar refractivity (Wildman–Crippen MR) is 167 cm³/mol. The second kappa shape index (κ2) is 12.9. The number of anilines is 2. The molecule has 0 fully saturated rings. The average molecular weight is 598 g/mol. The molecular weight excluding hydrogens is 570 g/mol. The number of hydrogen-bond acceptors (Lipinski definition) is 5. The monoisotopic (exact) mass is 597 g/mol. The van der Waals surface area contributed by atoms with Gasteiger partial charge in [-0.05, 0) is 89.8 Å². The number of hydrogen-bond donors (Lipinski definition) is 1. The number of halogens is 1. The van der Waals surface area contributed by atoms with Gasteiger partial charge in [0.2, 0.25) is 10.0 Å². The molecule has 42 heavy (non-hydrogen) atoms. The van der Waals surface area contributed by atoms with E-state index in [0.29, 0.717) is 39.0 Å². The molecule has 0 aliphatic rings. The van der Waals surface area contributed by atoms with Crippen molar-refractivity contribution in [3.63, 3.8) is 0 Å². The number of aromatic nitrogens is 1. The summed E-state index contributed by atoms with van der Waals surface area (Å²) in [6, 6.07) is 32.4. The Labute approximate surface area is 250 Å². The number of amides is 1. The Kier molecular flexibility index (Phi) is 8.85. The highest BCUT2D eigenvalue weighted by molar-refractivity contribution is 7.92. The van der Waals surface area contributed by atoms with Gasteiger partial charge in [-0.3, -0.25) is 14.1 Å². The van der Waals surface area contributed by atoms with E-state index in [1.54, 1.807) is 67.0 Å². The first-order chi connectivity index (χ1) is 20.2. The van der Waals surface area contributed by atoms with Gasteiger partial charge < -0.3 is 10.1 Å². The third-order valence-electron chi connectivity index (χ3n) is 6.47. The molecule has 1 N–H and O–H groups in total. The first-order valence-corrected chi connectivity index (χ1v) is 15.4. The Hall–Kier alpha value is -4.66. The molecule has 5 rings (SSSR count). The van der Waals surface area contributed by atoms with Crippen LogP contribution in [0.3, 0.4) is 0 Å². The highest BCUT2D eigenvalue weighted by atomic mass is 35.5.